The second kappa shape index (κ2) is 11.8. The third-order valence-electron chi connectivity index (χ3n) is 7.86. The molecule has 1 aromatic heterocycles. The number of hydrogen-bond donors (Lipinski definition) is 1. The van der Waals surface area contributed by atoms with E-state index in [4.69, 9.17) is 23.9 Å². The highest BCUT2D eigenvalue weighted by atomic mass is 32.1. The Balaban J connectivity index is 1.49. The number of anilines is 1. The van der Waals surface area contributed by atoms with Crippen molar-refractivity contribution in [1.29, 1.82) is 0 Å². The number of ketones is 1. The lowest BCUT2D eigenvalue weighted by Crippen LogP contribution is -2.29. The van der Waals surface area contributed by atoms with Gasteiger partial charge in [-0.3, -0.25) is 14.5 Å². The smallest absolute Gasteiger partial charge is 0.301 e. The minimum atomic E-state index is -0.973. The van der Waals surface area contributed by atoms with Crippen LogP contribution in [0.5, 0.6) is 23.0 Å². The van der Waals surface area contributed by atoms with Gasteiger partial charge in [-0.1, -0.05) is 31.3 Å². The number of fused-ring (bicyclic) bond motifs is 2. The summed E-state index contributed by atoms with van der Waals surface area (Å²) in [5.74, 6) is 1.03. The minimum Gasteiger partial charge on any atom is -0.507 e. The molecule has 0 bridgehead atoms. The number of benzene rings is 3. The fourth-order valence-electron chi connectivity index (χ4n) is 5.57. The van der Waals surface area contributed by atoms with Gasteiger partial charge in [0.15, 0.2) is 16.6 Å². The maximum Gasteiger partial charge on any atom is 0.301 e. The van der Waals surface area contributed by atoms with E-state index in [1.165, 1.54) is 16.2 Å². The number of aliphatic hydroxyl groups is 1. The first-order chi connectivity index (χ1) is 21.2. The predicted octanol–water partition coefficient (Wildman–Crippen LogP) is 6.69. The number of rotatable bonds is 9. The van der Waals surface area contributed by atoms with Gasteiger partial charge >= 0.3 is 5.91 Å². The van der Waals surface area contributed by atoms with E-state index in [1.807, 2.05) is 19.1 Å². The third kappa shape index (κ3) is 5.34. The van der Waals surface area contributed by atoms with E-state index in [-0.39, 0.29) is 17.4 Å². The number of ether oxygens (including phenoxy) is 4. The summed E-state index contributed by atoms with van der Waals surface area (Å²) >= 11 is 1.27. The lowest BCUT2D eigenvalue weighted by molar-refractivity contribution is -0.132. The number of Topliss-reactive ketones (excluding diaryl/α,β-unsaturated/α-hetero) is 1. The van der Waals surface area contributed by atoms with E-state index >= 15 is 0 Å². The molecule has 3 aromatic carbocycles. The number of amides is 1. The van der Waals surface area contributed by atoms with Gasteiger partial charge in [0.1, 0.15) is 23.4 Å². The number of carbonyl (C=O) groups is 2. The number of carbonyl (C=O) groups excluding carboxylic acids is 2. The Bertz CT molecular complexity index is 1790. The number of thiazole rings is 1. The Morgan fingerprint density at radius 3 is 2.64 bits per heavy atom. The molecular formula is C34H34N2O7S. The van der Waals surface area contributed by atoms with Crippen LogP contribution in [0.4, 0.5) is 5.13 Å². The number of methoxy groups -OCH3 is 2. The standard InChI is InChI=1S/C34H34N2O7S/c1-18(2)12-13-42-26-11-6-20(16-27(26)41-5)30-29(31(37)21-7-10-25-22(15-21)14-19(3)43-25)32(38)33(39)36(30)34-35-24-9-8-23(40-4)17-28(24)44-34/h6-11,15-19,30,37H,12-14H2,1-5H3/b31-29+/t19-,30-/m1/s1. The molecule has 0 saturated carbocycles. The molecule has 3 heterocycles. The molecule has 0 radical (unpaired) electrons. The molecule has 2 aliphatic heterocycles. The summed E-state index contributed by atoms with van der Waals surface area (Å²) in [7, 11) is 3.12. The zero-order valence-electron chi connectivity index (χ0n) is 25.2. The SMILES string of the molecule is COc1ccc2nc(N3C(=O)C(=O)/C(=C(/O)c4ccc5c(c4)C[C@@H](C)O5)[C@H]3c3ccc(OCCC(C)C)c(OC)c3)sc2c1. The number of nitrogens with zero attached hydrogens (tertiary/aromatic N) is 2. The van der Waals surface area contributed by atoms with Crippen LogP contribution in [0, 0.1) is 5.92 Å². The average Bonchev–Trinajstić information content (AvgIpc) is 3.68. The molecule has 228 valence electrons. The first kappa shape index (κ1) is 29.5. The van der Waals surface area contributed by atoms with E-state index in [2.05, 4.69) is 13.8 Å². The van der Waals surface area contributed by atoms with Gasteiger partial charge in [0.05, 0.1) is 42.7 Å². The summed E-state index contributed by atoms with van der Waals surface area (Å²) in [6.45, 7) is 6.74. The molecule has 44 heavy (non-hydrogen) atoms. The maximum absolute atomic E-state index is 13.8. The molecule has 9 nitrogen and oxygen atoms in total. The maximum atomic E-state index is 13.8. The van der Waals surface area contributed by atoms with E-state index in [0.717, 1.165) is 22.4 Å². The van der Waals surface area contributed by atoms with Gasteiger partial charge in [0.2, 0.25) is 0 Å². The van der Waals surface area contributed by atoms with Crippen molar-refractivity contribution in [2.45, 2.75) is 45.8 Å². The van der Waals surface area contributed by atoms with Crippen molar-refractivity contribution in [2.24, 2.45) is 5.92 Å². The van der Waals surface area contributed by atoms with Gasteiger partial charge in [0, 0.05) is 12.0 Å². The van der Waals surface area contributed by atoms with Crippen molar-refractivity contribution in [3.63, 3.8) is 0 Å². The average molecular weight is 615 g/mol. The van der Waals surface area contributed by atoms with E-state index in [0.29, 0.717) is 58.0 Å². The largest absolute Gasteiger partial charge is 0.507 e. The first-order valence-electron chi connectivity index (χ1n) is 14.5. The molecule has 1 amide bonds. The van der Waals surface area contributed by atoms with Crippen molar-refractivity contribution in [3.8, 4) is 23.0 Å². The lowest BCUT2D eigenvalue weighted by Gasteiger charge is -2.24. The fourth-order valence-corrected chi connectivity index (χ4v) is 6.59. The monoisotopic (exact) mass is 614 g/mol. The van der Waals surface area contributed by atoms with Crippen LogP contribution in [-0.4, -0.2) is 48.7 Å². The summed E-state index contributed by atoms with van der Waals surface area (Å²) < 4.78 is 23.7. The van der Waals surface area contributed by atoms with Gasteiger partial charge in [-0.15, -0.1) is 0 Å². The summed E-state index contributed by atoms with van der Waals surface area (Å²) in [6, 6.07) is 15.1. The zero-order chi connectivity index (χ0) is 31.1. The van der Waals surface area contributed by atoms with Crippen LogP contribution >= 0.6 is 11.3 Å². The summed E-state index contributed by atoms with van der Waals surface area (Å²) in [5.41, 5.74) is 2.55. The molecular weight excluding hydrogens is 580 g/mol. The number of aromatic nitrogens is 1. The molecule has 2 atom stereocenters. The van der Waals surface area contributed by atoms with Gasteiger partial charge in [-0.05, 0) is 78.9 Å². The van der Waals surface area contributed by atoms with Crippen molar-refractivity contribution < 1.29 is 33.6 Å². The molecule has 1 N–H and O–H groups in total. The number of hydrogen-bond acceptors (Lipinski definition) is 9. The molecule has 0 unspecified atom stereocenters. The second-order valence-electron chi connectivity index (χ2n) is 11.4. The normalized spacial score (nSPS) is 19.0. The van der Waals surface area contributed by atoms with Crippen molar-refractivity contribution in [1.82, 2.24) is 4.98 Å². The van der Waals surface area contributed by atoms with Crippen LogP contribution in [0.25, 0.3) is 16.0 Å². The first-order valence-corrected chi connectivity index (χ1v) is 15.4. The molecule has 2 aliphatic rings. The van der Waals surface area contributed by atoms with E-state index in [1.54, 1.807) is 56.7 Å². The minimum absolute atomic E-state index is 0.0133. The molecule has 0 spiro atoms. The van der Waals surface area contributed by atoms with Crippen LogP contribution in [0.3, 0.4) is 0 Å². The Morgan fingerprint density at radius 2 is 1.89 bits per heavy atom. The quantitative estimate of drug-likeness (QED) is 0.126. The predicted molar refractivity (Wildman–Crippen MR) is 169 cm³/mol. The topological polar surface area (TPSA) is 107 Å². The van der Waals surface area contributed by atoms with Crippen LogP contribution in [0.1, 0.15) is 49.9 Å². The van der Waals surface area contributed by atoms with Crippen LogP contribution in [0.15, 0.2) is 60.2 Å². The molecule has 4 aromatic rings. The van der Waals surface area contributed by atoms with Gasteiger partial charge in [-0.2, -0.15) is 0 Å². The fraction of sp³-hybridized carbons (Fsp3) is 0.324. The van der Waals surface area contributed by atoms with Crippen molar-refractivity contribution >= 4 is 44.1 Å². The van der Waals surface area contributed by atoms with Crippen molar-refractivity contribution in [3.05, 3.63) is 76.9 Å². The lowest BCUT2D eigenvalue weighted by atomic mass is 9.94. The highest BCUT2D eigenvalue weighted by Crippen LogP contribution is 2.46. The van der Waals surface area contributed by atoms with Crippen LogP contribution in [0.2, 0.25) is 0 Å². The highest BCUT2D eigenvalue weighted by molar-refractivity contribution is 7.22. The Kier molecular flexibility index (Phi) is 7.94. The summed E-state index contributed by atoms with van der Waals surface area (Å²) in [5, 5.41) is 12.0. The molecule has 6 rings (SSSR count). The van der Waals surface area contributed by atoms with Gasteiger partial charge in [-0.25, -0.2) is 4.98 Å². The van der Waals surface area contributed by atoms with Crippen LogP contribution in [-0.2, 0) is 16.0 Å². The Labute approximate surface area is 259 Å². The van der Waals surface area contributed by atoms with E-state index in [9.17, 15) is 14.7 Å². The summed E-state index contributed by atoms with van der Waals surface area (Å²) in [6.07, 6.45) is 1.57. The van der Waals surface area contributed by atoms with Crippen LogP contribution < -0.4 is 23.8 Å². The van der Waals surface area contributed by atoms with Crippen molar-refractivity contribution in [2.75, 3.05) is 25.7 Å². The number of aliphatic hydroxyl groups excluding tert-OH is 1. The van der Waals surface area contributed by atoms with E-state index < -0.39 is 17.7 Å². The highest BCUT2D eigenvalue weighted by Gasteiger charge is 2.48. The summed E-state index contributed by atoms with van der Waals surface area (Å²) in [4.78, 5) is 33.6. The Hall–Kier alpha value is -4.57. The second-order valence-corrected chi connectivity index (χ2v) is 12.4. The molecule has 1 fully saturated rings. The molecule has 1 saturated heterocycles. The Morgan fingerprint density at radius 1 is 1.07 bits per heavy atom. The van der Waals surface area contributed by atoms with Gasteiger partial charge in [0.25, 0.3) is 5.78 Å². The molecule has 10 heteroatoms. The third-order valence-corrected chi connectivity index (χ3v) is 8.88. The molecule has 0 aliphatic carbocycles. The zero-order valence-corrected chi connectivity index (χ0v) is 26.1. The van der Waals surface area contributed by atoms with Gasteiger partial charge < -0.3 is 24.1 Å².